The van der Waals surface area contributed by atoms with Gasteiger partial charge in [-0.05, 0) is 49.9 Å². The van der Waals surface area contributed by atoms with Gasteiger partial charge in [0.15, 0.2) is 5.82 Å². The Morgan fingerprint density at radius 2 is 2.00 bits per heavy atom. The second-order valence-corrected chi connectivity index (χ2v) is 7.85. The van der Waals surface area contributed by atoms with E-state index in [0.717, 1.165) is 29.5 Å². The van der Waals surface area contributed by atoms with E-state index in [0.29, 0.717) is 17.1 Å². The number of halogens is 3. The lowest BCUT2D eigenvalue weighted by Gasteiger charge is -2.30. The Labute approximate surface area is 170 Å². The van der Waals surface area contributed by atoms with Gasteiger partial charge in [0.05, 0.1) is 12.9 Å². The van der Waals surface area contributed by atoms with Crippen LogP contribution in [0.2, 0.25) is 0 Å². The molecule has 0 radical (unpaired) electrons. The number of methoxy groups -OCH3 is 1. The lowest BCUT2D eigenvalue weighted by atomic mass is 10.2. The zero-order valence-corrected chi connectivity index (χ0v) is 16.8. The first-order valence-corrected chi connectivity index (χ1v) is 10.0. The minimum atomic E-state index is -4.45. The Balaban J connectivity index is 1.67. The van der Waals surface area contributed by atoms with Gasteiger partial charge >= 0.3 is 6.18 Å². The summed E-state index contributed by atoms with van der Waals surface area (Å²) in [4.78, 5) is 13.4. The number of hydrogen-bond acceptors (Lipinski definition) is 6. The average Bonchev–Trinajstić information content (AvgIpc) is 3.47. The number of nitrogens with two attached hydrogens (primary N) is 1. The smallest absolute Gasteiger partial charge is 0.406 e. The molecule has 1 aliphatic carbocycles. The fraction of sp³-hybridized carbons (Fsp3) is 0.500. The maximum atomic E-state index is 12.9. The normalized spacial score (nSPS) is 15.2. The Morgan fingerprint density at radius 3 is 2.55 bits per heavy atom. The molecule has 29 heavy (non-hydrogen) atoms. The van der Waals surface area contributed by atoms with Crippen LogP contribution in [0.25, 0.3) is 11.4 Å². The Bertz CT molecular complexity index is 852. The summed E-state index contributed by atoms with van der Waals surface area (Å²) in [7, 11) is 1.55. The molecule has 2 N–H and O–H groups in total. The third kappa shape index (κ3) is 5.34. The molecule has 0 aliphatic heterocycles. The first kappa shape index (κ1) is 21.3. The van der Waals surface area contributed by atoms with Gasteiger partial charge in [-0.15, -0.1) is 10.2 Å². The van der Waals surface area contributed by atoms with Gasteiger partial charge in [-0.25, -0.2) is 4.68 Å². The van der Waals surface area contributed by atoms with Crippen LogP contribution in [0.4, 0.5) is 13.2 Å². The number of nitrogens with zero attached hydrogens (tertiary/aromatic N) is 4. The monoisotopic (exact) mass is 429 g/mol. The SMILES string of the molecule is COc1ccc(-c2nnc(SCC(=O)N(CC(F)(F)F)C(C)C3CC3)n2N)cc1. The highest BCUT2D eigenvalue weighted by molar-refractivity contribution is 7.99. The average molecular weight is 429 g/mol. The number of benzene rings is 1. The second kappa shape index (κ2) is 8.52. The molecule has 2 aromatic rings. The lowest BCUT2D eigenvalue weighted by Crippen LogP contribution is -2.46. The van der Waals surface area contributed by atoms with Crippen molar-refractivity contribution in [2.24, 2.45) is 5.92 Å². The molecule has 1 aromatic heterocycles. The van der Waals surface area contributed by atoms with Crippen molar-refractivity contribution in [1.29, 1.82) is 0 Å². The molecule has 158 valence electrons. The molecule has 0 bridgehead atoms. The summed E-state index contributed by atoms with van der Waals surface area (Å²) in [5, 5.41) is 8.22. The summed E-state index contributed by atoms with van der Waals surface area (Å²) >= 11 is 0.963. The predicted molar refractivity (Wildman–Crippen MR) is 103 cm³/mol. The number of ether oxygens (including phenoxy) is 1. The summed E-state index contributed by atoms with van der Waals surface area (Å²) in [6, 6.07) is 6.56. The Hall–Kier alpha value is -2.43. The van der Waals surface area contributed by atoms with Crippen molar-refractivity contribution in [1.82, 2.24) is 19.8 Å². The molecule has 1 aliphatic rings. The molecule has 1 fully saturated rings. The van der Waals surface area contributed by atoms with Crippen molar-refractivity contribution in [2.75, 3.05) is 25.3 Å². The first-order valence-electron chi connectivity index (χ1n) is 9.03. The van der Waals surface area contributed by atoms with Crippen LogP contribution in [-0.4, -0.2) is 57.3 Å². The summed E-state index contributed by atoms with van der Waals surface area (Å²) in [6.45, 7) is 0.412. The largest absolute Gasteiger partial charge is 0.497 e. The van der Waals surface area contributed by atoms with Crippen LogP contribution in [0, 0.1) is 5.92 Å². The topological polar surface area (TPSA) is 86.3 Å². The van der Waals surface area contributed by atoms with Gasteiger partial charge < -0.3 is 15.5 Å². The van der Waals surface area contributed by atoms with E-state index in [1.165, 1.54) is 4.68 Å². The second-order valence-electron chi connectivity index (χ2n) is 6.91. The predicted octanol–water partition coefficient (Wildman–Crippen LogP) is 2.95. The molecule has 3 rings (SSSR count). The van der Waals surface area contributed by atoms with Crippen LogP contribution in [-0.2, 0) is 4.79 Å². The van der Waals surface area contributed by atoms with Gasteiger partial charge in [0.1, 0.15) is 12.3 Å². The van der Waals surface area contributed by atoms with E-state index in [9.17, 15) is 18.0 Å². The van der Waals surface area contributed by atoms with Crippen molar-refractivity contribution in [3.05, 3.63) is 24.3 Å². The maximum Gasteiger partial charge on any atom is 0.406 e. The number of aromatic nitrogens is 3. The molecule has 1 amide bonds. The first-order chi connectivity index (χ1) is 13.7. The molecule has 11 heteroatoms. The summed E-state index contributed by atoms with van der Waals surface area (Å²) < 4.78 is 45.1. The molecule has 1 unspecified atom stereocenters. The molecule has 1 saturated carbocycles. The van der Waals surface area contributed by atoms with Gasteiger partial charge in [0.25, 0.3) is 0 Å². The molecule has 7 nitrogen and oxygen atoms in total. The minimum Gasteiger partial charge on any atom is -0.497 e. The quantitative estimate of drug-likeness (QED) is 0.513. The van der Waals surface area contributed by atoms with Gasteiger partial charge in [-0.3, -0.25) is 4.79 Å². The third-order valence-electron chi connectivity index (χ3n) is 4.80. The third-order valence-corrected chi connectivity index (χ3v) is 5.73. The summed E-state index contributed by atoms with van der Waals surface area (Å²) in [6.07, 6.45) is -2.75. The van der Waals surface area contributed by atoms with E-state index in [-0.39, 0.29) is 16.8 Å². The zero-order valence-electron chi connectivity index (χ0n) is 16.0. The van der Waals surface area contributed by atoms with Crippen LogP contribution in [0.15, 0.2) is 29.4 Å². The minimum absolute atomic E-state index is 0.131. The van der Waals surface area contributed by atoms with Crippen LogP contribution < -0.4 is 10.6 Å². The summed E-state index contributed by atoms with van der Waals surface area (Å²) in [5.41, 5.74) is 0.694. The van der Waals surface area contributed by atoms with Gasteiger partial charge in [-0.2, -0.15) is 13.2 Å². The fourth-order valence-electron chi connectivity index (χ4n) is 3.01. The van der Waals surface area contributed by atoms with Gasteiger partial charge in [0.2, 0.25) is 11.1 Å². The van der Waals surface area contributed by atoms with Crippen molar-refractivity contribution in [2.45, 2.75) is 37.1 Å². The van der Waals surface area contributed by atoms with Crippen molar-refractivity contribution < 1.29 is 22.7 Å². The Morgan fingerprint density at radius 1 is 1.34 bits per heavy atom. The van der Waals surface area contributed by atoms with E-state index in [4.69, 9.17) is 10.6 Å². The van der Waals surface area contributed by atoms with Crippen LogP contribution in [0.3, 0.4) is 0 Å². The number of carbonyl (C=O) groups excluding carboxylic acids is 1. The molecule has 0 saturated heterocycles. The van der Waals surface area contributed by atoms with E-state index in [1.807, 2.05) is 0 Å². The number of thioether (sulfide) groups is 1. The molecule has 0 spiro atoms. The molecular formula is C18H22F3N5O2S. The number of nitrogen functional groups attached to an aromatic ring is 1. The van der Waals surface area contributed by atoms with Gasteiger partial charge in [0, 0.05) is 11.6 Å². The van der Waals surface area contributed by atoms with Crippen molar-refractivity contribution >= 4 is 17.7 Å². The van der Waals surface area contributed by atoms with E-state index in [1.54, 1.807) is 38.3 Å². The van der Waals surface area contributed by atoms with E-state index >= 15 is 0 Å². The zero-order chi connectivity index (χ0) is 21.2. The number of rotatable bonds is 8. The van der Waals surface area contributed by atoms with Gasteiger partial charge in [-0.1, -0.05) is 11.8 Å². The van der Waals surface area contributed by atoms with E-state index in [2.05, 4.69) is 10.2 Å². The lowest BCUT2D eigenvalue weighted by molar-refractivity contribution is -0.164. The van der Waals surface area contributed by atoms with Crippen LogP contribution >= 0.6 is 11.8 Å². The van der Waals surface area contributed by atoms with Crippen LogP contribution in [0.1, 0.15) is 19.8 Å². The molecule has 1 atom stereocenters. The highest BCUT2D eigenvalue weighted by atomic mass is 32.2. The molecular weight excluding hydrogens is 407 g/mol. The van der Waals surface area contributed by atoms with Crippen LogP contribution in [0.5, 0.6) is 5.75 Å². The highest BCUT2D eigenvalue weighted by Crippen LogP contribution is 2.36. The standard InChI is InChI=1S/C18H22F3N5O2S/c1-11(12-3-4-12)25(10-18(19,20)21)15(27)9-29-17-24-23-16(26(17)22)13-5-7-14(28-2)8-6-13/h5-8,11-12H,3-4,9-10,22H2,1-2H3. The number of carbonyl (C=O) groups is 1. The number of hydrogen-bond donors (Lipinski definition) is 1. The van der Waals surface area contributed by atoms with Crippen molar-refractivity contribution in [3.8, 4) is 17.1 Å². The maximum absolute atomic E-state index is 12.9. The van der Waals surface area contributed by atoms with E-state index < -0.39 is 24.7 Å². The molecule has 1 aromatic carbocycles. The number of amides is 1. The number of alkyl halides is 3. The highest BCUT2D eigenvalue weighted by Gasteiger charge is 2.40. The molecule has 1 heterocycles. The van der Waals surface area contributed by atoms with Crippen molar-refractivity contribution in [3.63, 3.8) is 0 Å². The Kier molecular flexibility index (Phi) is 6.25. The fourth-order valence-corrected chi connectivity index (χ4v) is 3.75. The summed E-state index contributed by atoms with van der Waals surface area (Å²) in [5.74, 6) is 6.40.